The zero-order valence-corrected chi connectivity index (χ0v) is 7.30. The number of nitrogens with zero attached hydrogens (tertiary/aromatic N) is 1. The molecule has 6 nitrogen and oxygen atoms in total. The second-order valence-electron chi connectivity index (χ2n) is 2.66. The van der Waals surface area contributed by atoms with Crippen LogP contribution in [0.2, 0.25) is 0 Å². The fraction of sp³-hybridized carbons (Fsp3) is 0.714. The number of carboxylic acid groups (broad SMARTS) is 1. The average Bonchev–Trinajstić information content (AvgIpc) is 2.06. The Morgan fingerprint density at radius 2 is 1.77 bits per heavy atom. The molecule has 1 unspecified atom stereocenters. The first kappa shape index (κ1) is 11.9. The number of aliphatic carboxylic acids is 1. The molecule has 76 valence electrons. The van der Waals surface area contributed by atoms with Gasteiger partial charge in [-0.2, -0.15) is 0 Å². The molecule has 0 aromatic heterocycles. The maximum Gasteiger partial charge on any atom is 0.306 e. The molecule has 0 aliphatic rings. The molecular formula is C7H13NO5. The second kappa shape index (κ2) is 5.50. The van der Waals surface area contributed by atoms with Crippen LogP contribution in [0.1, 0.15) is 13.3 Å². The molecule has 0 saturated carbocycles. The van der Waals surface area contributed by atoms with Crippen LogP contribution in [-0.2, 0) is 9.59 Å². The van der Waals surface area contributed by atoms with E-state index in [9.17, 15) is 9.59 Å². The minimum atomic E-state index is -1.08. The van der Waals surface area contributed by atoms with Crippen molar-refractivity contribution in [1.29, 1.82) is 0 Å². The molecule has 0 aromatic rings. The summed E-state index contributed by atoms with van der Waals surface area (Å²) < 4.78 is 0. The predicted octanol–water partition coefficient (Wildman–Crippen LogP) is -1.17. The molecule has 0 radical (unpaired) electrons. The molecule has 6 heteroatoms. The van der Waals surface area contributed by atoms with Gasteiger partial charge >= 0.3 is 5.97 Å². The van der Waals surface area contributed by atoms with E-state index in [4.69, 9.17) is 15.3 Å². The van der Waals surface area contributed by atoms with Crippen LogP contribution in [0.3, 0.4) is 0 Å². The number of hydrogen-bond donors (Lipinski definition) is 3. The van der Waals surface area contributed by atoms with Crippen molar-refractivity contribution in [2.75, 3.05) is 13.5 Å². The molecule has 0 fully saturated rings. The lowest BCUT2D eigenvalue weighted by molar-refractivity contribution is -0.148. The summed E-state index contributed by atoms with van der Waals surface area (Å²) >= 11 is 0. The van der Waals surface area contributed by atoms with E-state index >= 15 is 0 Å². The quantitative estimate of drug-likeness (QED) is 0.475. The van der Waals surface area contributed by atoms with Gasteiger partial charge in [-0.05, 0) is 0 Å². The summed E-state index contributed by atoms with van der Waals surface area (Å²) in [7, 11) is 0. The highest BCUT2D eigenvalue weighted by Crippen LogP contribution is 2.04. The highest BCUT2D eigenvalue weighted by molar-refractivity contribution is 5.81. The molecule has 0 aliphatic carbocycles. The van der Waals surface area contributed by atoms with Crippen LogP contribution in [0.15, 0.2) is 0 Å². The molecule has 0 rings (SSSR count). The van der Waals surface area contributed by atoms with Gasteiger partial charge in [-0.15, -0.1) is 0 Å². The molecule has 0 aromatic carbocycles. The average molecular weight is 191 g/mol. The Labute approximate surface area is 75.4 Å². The number of carboxylic acids is 1. The Balaban J connectivity index is 4.05. The van der Waals surface area contributed by atoms with Gasteiger partial charge in [0.05, 0.1) is 5.92 Å². The van der Waals surface area contributed by atoms with Gasteiger partial charge in [-0.25, -0.2) is 0 Å². The molecule has 1 amide bonds. The van der Waals surface area contributed by atoms with Crippen molar-refractivity contribution < 1.29 is 24.9 Å². The first-order valence-corrected chi connectivity index (χ1v) is 3.75. The Bertz CT molecular complexity index is 189. The lowest BCUT2D eigenvalue weighted by Gasteiger charge is -2.17. The Morgan fingerprint density at radius 3 is 2.08 bits per heavy atom. The summed E-state index contributed by atoms with van der Waals surface area (Å²) in [4.78, 5) is 22.2. The smallest absolute Gasteiger partial charge is 0.306 e. The molecule has 0 spiro atoms. The van der Waals surface area contributed by atoms with Gasteiger partial charge in [0.15, 0.2) is 0 Å². The van der Waals surface area contributed by atoms with Crippen molar-refractivity contribution in [3.05, 3.63) is 0 Å². The van der Waals surface area contributed by atoms with Gasteiger partial charge in [0.2, 0.25) is 5.91 Å². The summed E-state index contributed by atoms with van der Waals surface area (Å²) in [5, 5.41) is 25.6. The van der Waals surface area contributed by atoms with Crippen molar-refractivity contribution in [3.63, 3.8) is 0 Å². The monoisotopic (exact) mass is 191 g/mol. The topological polar surface area (TPSA) is 98.1 Å². The van der Waals surface area contributed by atoms with Gasteiger partial charge in [-0.1, -0.05) is 6.92 Å². The summed E-state index contributed by atoms with van der Waals surface area (Å²) in [6.45, 7) is 0.163. The van der Waals surface area contributed by atoms with E-state index in [0.717, 1.165) is 4.90 Å². The van der Waals surface area contributed by atoms with Crippen molar-refractivity contribution in [2.45, 2.75) is 13.3 Å². The van der Waals surface area contributed by atoms with E-state index in [0.29, 0.717) is 0 Å². The number of carbonyl (C=O) groups excluding carboxylic acids is 1. The van der Waals surface area contributed by atoms with Crippen LogP contribution in [0, 0.1) is 5.92 Å². The van der Waals surface area contributed by atoms with E-state index in [1.165, 1.54) is 6.92 Å². The summed E-state index contributed by atoms with van der Waals surface area (Å²) in [5.74, 6) is -2.47. The van der Waals surface area contributed by atoms with Crippen molar-refractivity contribution in [2.24, 2.45) is 5.92 Å². The van der Waals surface area contributed by atoms with E-state index < -0.39 is 31.3 Å². The second-order valence-corrected chi connectivity index (χ2v) is 2.66. The highest BCUT2D eigenvalue weighted by Gasteiger charge is 2.19. The number of hydrogen-bond acceptors (Lipinski definition) is 4. The van der Waals surface area contributed by atoms with Gasteiger partial charge in [0.1, 0.15) is 13.5 Å². The van der Waals surface area contributed by atoms with Crippen molar-refractivity contribution in [3.8, 4) is 0 Å². The SMILES string of the molecule is CC(CC(=O)N(CO)CO)C(=O)O. The highest BCUT2D eigenvalue weighted by atomic mass is 16.4. The van der Waals surface area contributed by atoms with Crippen LogP contribution in [-0.4, -0.2) is 45.6 Å². The van der Waals surface area contributed by atoms with Gasteiger partial charge in [0.25, 0.3) is 0 Å². The largest absolute Gasteiger partial charge is 0.481 e. The maximum absolute atomic E-state index is 11.1. The van der Waals surface area contributed by atoms with Crippen LogP contribution in [0.5, 0.6) is 0 Å². The molecule has 0 bridgehead atoms. The Kier molecular flexibility index (Phi) is 5.01. The number of aliphatic hydroxyl groups is 2. The van der Waals surface area contributed by atoms with Crippen LogP contribution >= 0.6 is 0 Å². The molecular weight excluding hydrogens is 178 g/mol. The summed E-state index contributed by atoms with van der Waals surface area (Å²) in [6, 6.07) is 0. The normalized spacial score (nSPS) is 12.2. The molecule has 13 heavy (non-hydrogen) atoms. The van der Waals surface area contributed by atoms with Crippen LogP contribution in [0.4, 0.5) is 0 Å². The lowest BCUT2D eigenvalue weighted by Crippen LogP contribution is -2.34. The maximum atomic E-state index is 11.1. The Hall–Kier alpha value is -1.14. The third kappa shape index (κ3) is 3.86. The predicted molar refractivity (Wildman–Crippen MR) is 42.4 cm³/mol. The first-order chi connectivity index (χ1) is 6.02. The van der Waals surface area contributed by atoms with E-state index in [-0.39, 0.29) is 6.42 Å². The fourth-order valence-corrected chi connectivity index (χ4v) is 0.681. The summed E-state index contributed by atoms with van der Waals surface area (Å²) in [6.07, 6.45) is -0.226. The van der Waals surface area contributed by atoms with Gasteiger partial charge in [-0.3, -0.25) is 14.5 Å². The molecule has 0 heterocycles. The fourth-order valence-electron chi connectivity index (χ4n) is 0.681. The summed E-state index contributed by atoms with van der Waals surface area (Å²) in [5.41, 5.74) is 0. The van der Waals surface area contributed by atoms with Gasteiger partial charge in [0, 0.05) is 6.42 Å². The Morgan fingerprint density at radius 1 is 1.31 bits per heavy atom. The third-order valence-corrected chi connectivity index (χ3v) is 1.60. The number of carbonyl (C=O) groups is 2. The zero-order chi connectivity index (χ0) is 10.4. The minimum absolute atomic E-state index is 0.226. The van der Waals surface area contributed by atoms with E-state index in [2.05, 4.69) is 0 Å². The number of rotatable bonds is 5. The number of amides is 1. The van der Waals surface area contributed by atoms with Gasteiger partial charge < -0.3 is 15.3 Å². The molecule has 1 atom stereocenters. The zero-order valence-electron chi connectivity index (χ0n) is 7.30. The van der Waals surface area contributed by atoms with Crippen molar-refractivity contribution >= 4 is 11.9 Å². The molecule has 0 saturated heterocycles. The lowest BCUT2D eigenvalue weighted by atomic mass is 10.1. The van der Waals surface area contributed by atoms with Crippen molar-refractivity contribution in [1.82, 2.24) is 4.90 Å². The first-order valence-electron chi connectivity index (χ1n) is 3.75. The van der Waals surface area contributed by atoms with Crippen LogP contribution in [0.25, 0.3) is 0 Å². The van der Waals surface area contributed by atoms with Crippen LogP contribution < -0.4 is 0 Å². The van der Waals surface area contributed by atoms with E-state index in [1.807, 2.05) is 0 Å². The van der Waals surface area contributed by atoms with E-state index in [1.54, 1.807) is 0 Å². The third-order valence-electron chi connectivity index (χ3n) is 1.60. The molecule has 3 N–H and O–H groups in total. The standard InChI is InChI=1S/C7H13NO5/c1-5(7(12)13)2-6(11)8(3-9)4-10/h5,9-10H,2-4H2,1H3,(H,12,13). The minimum Gasteiger partial charge on any atom is -0.481 e. The molecule has 0 aliphatic heterocycles. The number of aliphatic hydroxyl groups excluding tert-OH is 2.